The molecule has 0 unspecified atom stereocenters. The van der Waals surface area contributed by atoms with Gasteiger partial charge in [0.15, 0.2) is 0 Å². The molecular weight excluding hydrogens is 174 g/mol. The number of nitrogens with zero attached hydrogens (tertiary/aromatic N) is 5. The third kappa shape index (κ3) is 2.46. The van der Waals surface area contributed by atoms with Crippen LogP contribution in [0.1, 0.15) is 0 Å². The molecule has 0 amide bonds. The number of rotatable bonds is 4. The summed E-state index contributed by atoms with van der Waals surface area (Å²) in [6.07, 6.45) is 1.97. The van der Waals surface area contributed by atoms with Gasteiger partial charge in [0.2, 0.25) is 5.16 Å². The lowest BCUT2D eigenvalue weighted by molar-refractivity contribution is 0.361. The van der Waals surface area contributed by atoms with Crippen LogP contribution in [0.2, 0.25) is 0 Å². The molecule has 0 radical (unpaired) electrons. The summed E-state index contributed by atoms with van der Waals surface area (Å²) in [5.74, 6) is 0. The van der Waals surface area contributed by atoms with E-state index in [4.69, 9.17) is 0 Å². The Morgan fingerprint density at radius 2 is 2.25 bits per heavy atom. The molecule has 12 heavy (non-hydrogen) atoms. The van der Waals surface area contributed by atoms with Crippen LogP contribution in [0, 0.1) is 0 Å². The zero-order valence-corrected chi connectivity index (χ0v) is 8.38. The van der Waals surface area contributed by atoms with E-state index in [1.54, 1.807) is 11.8 Å². The fraction of sp³-hybridized carbons (Fsp3) is 0.833. The molecule has 6 heteroatoms. The molecule has 0 N–H and O–H groups in total. The first-order valence-electron chi connectivity index (χ1n) is 3.69. The largest absolute Gasteiger partial charge is 0.308 e. The van der Waals surface area contributed by atoms with Crippen molar-refractivity contribution >= 4 is 11.8 Å². The zero-order chi connectivity index (χ0) is 8.97. The minimum absolute atomic E-state index is 0.843. The molecular formula is C6H13N5S. The summed E-state index contributed by atoms with van der Waals surface area (Å²) in [5, 5.41) is 12.2. The summed E-state index contributed by atoms with van der Waals surface area (Å²) in [6, 6.07) is 0. The summed E-state index contributed by atoms with van der Waals surface area (Å²) in [4.78, 5) is 2.10. The van der Waals surface area contributed by atoms with Crippen LogP contribution in [0.3, 0.4) is 0 Å². The Hall–Kier alpha value is -0.620. The second-order valence-corrected chi connectivity index (χ2v) is 3.47. The van der Waals surface area contributed by atoms with Gasteiger partial charge in [0.05, 0.1) is 6.54 Å². The van der Waals surface area contributed by atoms with Crippen molar-refractivity contribution < 1.29 is 0 Å². The third-order valence-corrected chi connectivity index (χ3v) is 2.10. The molecule has 0 aromatic carbocycles. The molecule has 1 heterocycles. The highest BCUT2D eigenvalue weighted by Gasteiger charge is 2.03. The molecule has 0 atom stereocenters. The van der Waals surface area contributed by atoms with E-state index in [9.17, 15) is 0 Å². The summed E-state index contributed by atoms with van der Waals surface area (Å²) >= 11 is 1.56. The highest BCUT2D eigenvalue weighted by molar-refractivity contribution is 7.98. The second kappa shape index (κ2) is 4.42. The van der Waals surface area contributed by atoms with Crippen molar-refractivity contribution in [3.8, 4) is 0 Å². The lowest BCUT2D eigenvalue weighted by Crippen LogP contribution is -2.19. The van der Waals surface area contributed by atoms with E-state index in [0.717, 1.165) is 18.2 Å². The molecule has 0 aliphatic carbocycles. The van der Waals surface area contributed by atoms with E-state index in [0.29, 0.717) is 0 Å². The van der Waals surface area contributed by atoms with Gasteiger partial charge in [-0.3, -0.25) is 0 Å². The molecule has 1 aromatic heterocycles. The molecule has 0 aliphatic rings. The van der Waals surface area contributed by atoms with Gasteiger partial charge in [-0.2, -0.15) is 0 Å². The SMILES string of the molecule is CSc1nnnn1CCN(C)C. The Morgan fingerprint density at radius 1 is 1.50 bits per heavy atom. The van der Waals surface area contributed by atoms with E-state index in [1.165, 1.54) is 0 Å². The third-order valence-electron chi connectivity index (χ3n) is 1.44. The Balaban J connectivity index is 2.50. The quantitative estimate of drug-likeness (QED) is 0.619. The fourth-order valence-electron chi connectivity index (χ4n) is 0.778. The monoisotopic (exact) mass is 187 g/mol. The summed E-state index contributed by atoms with van der Waals surface area (Å²) in [7, 11) is 4.06. The van der Waals surface area contributed by atoms with Gasteiger partial charge in [-0.05, 0) is 30.8 Å². The summed E-state index contributed by atoms with van der Waals surface area (Å²) in [6.45, 7) is 1.80. The smallest absolute Gasteiger partial charge is 0.209 e. The first-order chi connectivity index (χ1) is 5.74. The van der Waals surface area contributed by atoms with Crippen LogP contribution in [0.5, 0.6) is 0 Å². The Kier molecular flexibility index (Phi) is 3.48. The maximum absolute atomic E-state index is 3.87. The Morgan fingerprint density at radius 3 is 2.83 bits per heavy atom. The van der Waals surface area contributed by atoms with Crippen LogP contribution in [-0.4, -0.2) is 52.0 Å². The molecule has 0 saturated carbocycles. The number of aromatic nitrogens is 4. The number of hydrogen-bond donors (Lipinski definition) is 0. The highest BCUT2D eigenvalue weighted by atomic mass is 32.2. The van der Waals surface area contributed by atoms with E-state index in [-0.39, 0.29) is 0 Å². The average Bonchev–Trinajstić information content (AvgIpc) is 2.47. The minimum Gasteiger partial charge on any atom is -0.308 e. The van der Waals surface area contributed by atoms with Crippen molar-refractivity contribution in [3.05, 3.63) is 0 Å². The van der Waals surface area contributed by atoms with Gasteiger partial charge in [-0.1, -0.05) is 11.8 Å². The van der Waals surface area contributed by atoms with E-state index in [2.05, 4.69) is 20.4 Å². The lowest BCUT2D eigenvalue weighted by Gasteiger charge is -2.08. The Labute approximate surface area is 76.1 Å². The first kappa shape index (κ1) is 9.47. The van der Waals surface area contributed by atoms with E-state index < -0.39 is 0 Å². The van der Waals surface area contributed by atoms with Gasteiger partial charge in [-0.25, -0.2) is 4.68 Å². The number of thioether (sulfide) groups is 1. The predicted molar refractivity (Wildman–Crippen MR) is 48.2 cm³/mol. The molecule has 5 nitrogen and oxygen atoms in total. The molecule has 1 aromatic rings. The van der Waals surface area contributed by atoms with Crippen molar-refractivity contribution in [3.63, 3.8) is 0 Å². The standard InChI is InChI=1S/C6H13N5S/c1-10(2)4-5-11-6(12-3)7-8-9-11/h4-5H2,1-3H3. The van der Waals surface area contributed by atoms with Crippen molar-refractivity contribution in [1.82, 2.24) is 25.1 Å². The van der Waals surface area contributed by atoms with Crippen LogP contribution in [0.25, 0.3) is 0 Å². The van der Waals surface area contributed by atoms with Crippen LogP contribution in [0.15, 0.2) is 5.16 Å². The zero-order valence-electron chi connectivity index (χ0n) is 7.56. The van der Waals surface area contributed by atoms with Gasteiger partial charge in [-0.15, -0.1) is 5.10 Å². The van der Waals surface area contributed by atoms with Crippen molar-refractivity contribution in [2.24, 2.45) is 0 Å². The van der Waals surface area contributed by atoms with E-state index >= 15 is 0 Å². The predicted octanol–water partition coefficient (Wildman–Crippen LogP) is -0.0434. The molecule has 1 rings (SSSR count). The van der Waals surface area contributed by atoms with E-state index in [1.807, 2.05) is 25.0 Å². The van der Waals surface area contributed by atoms with Gasteiger partial charge in [0.1, 0.15) is 0 Å². The fourth-order valence-corrected chi connectivity index (χ4v) is 1.23. The maximum atomic E-state index is 3.87. The van der Waals surface area contributed by atoms with Gasteiger partial charge >= 0.3 is 0 Å². The van der Waals surface area contributed by atoms with Crippen LogP contribution in [0.4, 0.5) is 0 Å². The van der Waals surface area contributed by atoms with Crippen LogP contribution in [-0.2, 0) is 6.54 Å². The molecule has 0 saturated heterocycles. The minimum atomic E-state index is 0.843. The topological polar surface area (TPSA) is 46.8 Å². The van der Waals surface area contributed by atoms with Gasteiger partial charge in [0, 0.05) is 6.54 Å². The van der Waals surface area contributed by atoms with Gasteiger partial charge in [0.25, 0.3) is 0 Å². The van der Waals surface area contributed by atoms with Crippen molar-refractivity contribution in [2.45, 2.75) is 11.7 Å². The molecule has 0 aliphatic heterocycles. The first-order valence-corrected chi connectivity index (χ1v) is 4.91. The van der Waals surface area contributed by atoms with Crippen molar-refractivity contribution in [2.75, 3.05) is 26.9 Å². The second-order valence-electron chi connectivity index (χ2n) is 2.69. The summed E-state index contributed by atoms with van der Waals surface area (Å²) < 4.78 is 1.81. The molecule has 0 spiro atoms. The highest BCUT2D eigenvalue weighted by Crippen LogP contribution is 2.07. The molecule has 68 valence electrons. The maximum Gasteiger partial charge on any atom is 0.209 e. The van der Waals surface area contributed by atoms with Crippen LogP contribution >= 0.6 is 11.8 Å². The van der Waals surface area contributed by atoms with Crippen molar-refractivity contribution in [1.29, 1.82) is 0 Å². The normalized spacial score (nSPS) is 11.0. The van der Waals surface area contributed by atoms with Gasteiger partial charge < -0.3 is 4.90 Å². The molecule has 0 bridgehead atoms. The number of likely N-dealkylation sites (N-methyl/N-ethyl adjacent to an activating group) is 1. The number of hydrogen-bond acceptors (Lipinski definition) is 5. The summed E-state index contributed by atoms with van der Waals surface area (Å²) in [5.41, 5.74) is 0. The molecule has 0 fully saturated rings. The van der Waals surface area contributed by atoms with Crippen LogP contribution < -0.4 is 0 Å². The Bertz CT molecular complexity index is 234. The number of tetrazole rings is 1. The average molecular weight is 187 g/mol. The lowest BCUT2D eigenvalue weighted by atomic mass is 10.6.